The van der Waals surface area contributed by atoms with Gasteiger partial charge in [0.05, 0.1) is 12.7 Å². The van der Waals surface area contributed by atoms with Crippen LogP contribution in [0.5, 0.6) is 0 Å². The lowest BCUT2D eigenvalue weighted by molar-refractivity contribution is 0.465. The Morgan fingerprint density at radius 3 is 2.71 bits per heavy atom. The second kappa shape index (κ2) is 4.02. The lowest BCUT2D eigenvalue weighted by Gasteiger charge is -1.95. The molecule has 2 aromatic heterocycles. The Morgan fingerprint density at radius 1 is 1.29 bits per heavy atom. The van der Waals surface area contributed by atoms with Crippen LogP contribution in [0.4, 0.5) is 0 Å². The fourth-order valence-electron chi connectivity index (χ4n) is 1.20. The summed E-state index contributed by atoms with van der Waals surface area (Å²) in [5, 5.41) is 0. The largest absolute Gasteiger partial charge is 0.444 e. The Morgan fingerprint density at radius 2 is 2.07 bits per heavy atom. The molecular formula is C10H11N3O. The highest BCUT2D eigenvalue weighted by molar-refractivity contribution is 5.14. The average molecular weight is 189 g/mol. The van der Waals surface area contributed by atoms with Gasteiger partial charge in [0.2, 0.25) is 0 Å². The van der Waals surface area contributed by atoms with Crippen LogP contribution >= 0.6 is 0 Å². The number of oxazole rings is 1. The second-order valence-electron chi connectivity index (χ2n) is 2.96. The van der Waals surface area contributed by atoms with Crippen LogP contribution < -0.4 is 5.73 Å². The third-order valence-electron chi connectivity index (χ3n) is 1.91. The maximum atomic E-state index is 5.41. The van der Waals surface area contributed by atoms with Gasteiger partial charge >= 0.3 is 0 Å². The molecule has 2 heterocycles. The van der Waals surface area contributed by atoms with Gasteiger partial charge in [0, 0.05) is 18.8 Å². The predicted molar refractivity (Wildman–Crippen MR) is 51.4 cm³/mol. The molecule has 14 heavy (non-hydrogen) atoms. The minimum absolute atomic E-state index is 0.392. The molecule has 0 atom stereocenters. The number of pyridine rings is 1. The van der Waals surface area contributed by atoms with Crippen molar-refractivity contribution in [3.05, 3.63) is 47.9 Å². The molecule has 0 spiro atoms. The van der Waals surface area contributed by atoms with Crippen molar-refractivity contribution in [2.24, 2.45) is 5.73 Å². The summed E-state index contributed by atoms with van der Waals surface area (Å²) in [6.45, 7) is 0.392. The first kappa shape index (κ1) is 8.90. The van der Waals surface area contributed by atoms with Crippen LogP contribution in [0.1, 0.15) is 17.2 Å². The number of hydrogen-bond acceptors (Lipinski definition) is 4. The van der Waals surface area contributed by atoms with Crippen molar-refractivity contribution in [1.82, 2.24) is 9.97 Å². The molecule has 0 aliphatic heterocycles. The topological polar surface area (TPSA) is 64.9 Å². The number of nitrogens with zero attached hydrogens (tertiary/aromatic N) is 2. The summed E-state index contributed by atoms with van der Waals surface area (Å²) in [6.07, 6.45) is 5.85. The molecule has 72 valence electrons. The zero-order chi connectivity index (χ0) is 9.80. The van der Waals surface area contributed by atoms with Gasteiger partial charge in [0.25, 0.3) is 0 Å². The van der Waals surface area contributed by atoms with Crippen molar-refractivity contribution >= 4 is 0 Å². The van der Waals surface area contributed by atoms with Gasteiger partial charge in [-0.15, -0.1) is 0 Å². The van der Waals surface area contributed by atoms with E-state index in [4.69, 9.17) is 10.2 Å². The Balaban J connectivity index is 2.11. The number of hydrogen-bond donors (Lipinski definition) is 1. The van der Waals surface area contributed by atoms with E-state index in [1.165, 1.54) is 0 Å². The molecule has 4 nitrogen and oxygen atoms in total. The van der Waals surface area contributed by atoms with Gasteiger partial charge in [-0.05, 0) is 17.7 Å². The van der Waals surface area contributed by atoms with Gasteiger partial charge in [-0.25, -0.2) is 4.98 Å². The van der Waals surface area contributed by atoms with Crippen molar-refractivity contribution < 1.29 is 4.42 Å². The molecule has 0 aliphatic carbocycles. The lowest BCUT2D eigenvalue weighted by Crippen LogP contribution is -1.93. The van der Waals surface area contributed by atoms with Gasteiger partial charge in [-0.2, -0.15) is 0 Å². The molecule has 0 aromatic carbocycles. The standard InChI is InChI=1S/C10H11N3O/c11-6-9-7-13-10(14-9)5-8-1-3-12-4-2-8/h1-4,7H,5-6,11H2. The third-order valence-corrected chi connectivity index (χ3v) is 1.91. The van der Waals surface area contributed by atoms with Crippen LogP contribution in [-0.2, 0) is 13.0 Å². The normalized spacial score (nSPS) is 10.4. The molecule has 0 amide bonds. The highest BCUT2D eigenvalue weighted by atomic mass is 16.4. The maximum absolute atomic E-state index is 5.41. The minimum atomic E-state index is 0.392. The van der Waals surface area contributed by atoms with Gasteiger partial charge in [-0.3, -0.25) is 4.98 Å². The molecule has 0 bridgehead atoms. The monoisotopic (exact) mass is 189 g/mol. The highest BCUT2D eigenvalue weighted by Crippen LogP contribution is 2.08. The molecule has 2 rings (SSSR count). The van der Waals surface area contributed by atoms with Crippen molar-refractivity contribution in [2.45, 2.75) is 13.0 Å². The summed E-state index contributed by atoms with van der Waals surface area (Å²) in [7, 11) is 0. The number of aromatic nitrogens is 2. The van der Waals surface area contributed by atoms with Crippen LogP contribution in [0, 0.1) is 0 Å². The summed E-state index contributed by atoms with van der Waals surface area (Å²) in [4.78, 5) is 8.05. The molecule has 0 fully saturated rings. The van der Waals surface area contributed by atoms with E-state index < -0.39 is 0 Å². The van der Waals surface area contributed by atoms with Crippen LogP contribution in [-0.4, -0.2) is 9.97 Å². The molecule has 2 aromatic rings. The van der Waals surface area contributed by atoms with Gasteiger partial charge in [0.15, 0.2) is 5.89 Å². The molecule has 4 heteroatoms. The van der Waals surface area contributed by atoms with E-state index in [9.17, 15) is 0 Å². The van der Waals surface area contributed by atoms with Crippen molar-refractivity contribution in [1.29, 1.82) is 0 Å². The number of nitrogens with two attached hydrogens (primary N) is 1. The van der Waals surface area contributed by atoms with E-state index in [1.807, 2.05) is 12.1 Å². The van der Waals surface area contributed by atoms with Crippen LogP contribution in [0.15, 0.2) is 35.1 Å². The zero-order valence-electron chi connectivity index (χ0n) is 7.68. The molecule has 0 radical (unpaired) electrons. The van der Waals surface area contributed by atoms with E-state index in [1.54, 1.807) is 18.6 Å². The average Bonchev–Trinajstić information content (AvgIpc) is 2.67. The van der Waals surface area contributed by atoms with Gasteiger partial charge in [0.1, 0.15) is 5.76 Å². The maximum Gasteiger partial charge on any atom is 0.198 e. The zero-order valence-corrected chi connectivity index (χ0v) is 7.68. The molecule has 0 saturated carbocycles. The Kier molecular flexibility index (Phi) is 2.55. The summed E-state index contributed by atoms with van der Waals surface area (Å²) in [5.74, 6) is 1.41. The summed E-state index contributed by atoms with van der Waals surface area (Å²) in [6, 6.07) is 3.87. The lowest BCUT2D eigenvalue weighted by atomic mass is 10.2. The van der Waals surface area contributed by atoms with E-state index in [0.29, 0.717) is 24.6 Å². The van der Waals surface area contributed by atoms with Gasteiger partial charge in [-0.1, -0.05) is 0 Å². The second-order valence-corrected chi connectivity index (χ2v) is 2.96. The van der Waals surface area contributed by atoms with Crippen LogP contribution in [0.2, 0.25) is 0 Å². The fraction of sp³-hybridized carbons (Fsp3) is 0.200. The molecule has 2 N–H and O–H groups in total. The molecule has 0 aliphatic rings. The van der Waals surface area contributed by atoms with Crippen molar-refractivity contribution in [3.63, 3.8) is 0 Å². The Hall–Kier alpha value is -1.68. The van der Waals surface area contributed by atoms with E-state index >= 15 is 0 Å². The Bertz CT molecular complexity index is 397. The summed E-state index contributed by atoms with van der Waals surface area (Å²) >= 11 is 0. The van der Waals surface area contributed by atoms with Crippen molar-refractivity contribution in [2.75, 3.05) is 0 Å². The molecule has 0 saturated heterocycles. The van der Waals surface area contributed by atoms with Gasteiger partial charge < -0.3 is 10.2 Å². The minimum Gasteiger partial charge on any atom is -0.444 e. The molecule has 0 unspecified atom stereocenters. The molecular weight excluding hydrogens is 178 g/mol. The number of rotatable bonds is 3. The van der Waals surface area contributed by atoms with E-state index in [0.717, 1.165) is 5.56 Å². The first-order valence-corrected chi connectivity index (χ1v) is 4.41. The Labute approximate surface area is 81.8 Å². The van der Waals surface area contributed by atoms with E-state index in [-0.39, 0.29) is 0 Å². The quantitative estimate of drug-likeness (QED) is 0.785. The smallest absolute Gasteiger partial charge is 0.198 e. The SMILES string of the molecule is NCc1cnc(Cc2ccncc2)o1. The first-order chi connectivity index (χ1) is 6.88. The fourth-order valence-corrected chi connectivity index (χ4v) is 1.20. The van der Waals surface area contributed by atoms with Crippen molar-refractivity contribution in [3.8, 4) is 0 Å². The predicted octanol–water partition coefficient (Wildman–Crippen LogP) is 1.12. The summed E-state index contributed by atoms with van der Waals surface area (Å²) in [5.41, 5.74) is 6.54. The first-order valence-electron chi connectivity index (χ1n) is 4.41. The third kappa shape index (κ3) is 1.97. The van der Waals surface area contributed by atoms with E-state index in [2.05, 4.69) is 9.97 Å². The van der Waals surface area contributed by atoms with Crippen LogP contribution in [0.3, 0.4) is 0 Å². The highest BCUT2D eigenvalue weighted by Gasteiger charge is 2.02. The van der Waals surface area contributed by atoms with Crippen LogP contribution in [0.25, 0.3) is 0 Å². The summed E-state index contributed by atoms with van der Waals surface area (Å²) < 4.78 is 5.38.